The molecule has 38 heavy (non-hydrogen) atoms. The van der Waals surface area contributed by atoms with Crippen LogP contribution >= 0.6 is 11.3 Å². The first kappa shape index (κ1) is 26.0. The molecule has 2 heterocycles. The number of thiazole rings is 1. The summed E-state index contributed by atoms with van der Waals surface area (Å²) in [5.74, 6) is -0.296. The molecule has 1 unspecified atom stereocenters. The van der Waals surface area contributed by atoms with Crippen molar-refractivity contribution in [3.05, 3.63) is 88.9 Å². The zero-order valence-corrected chi connectivity index (χ0v) is 22.1. The number of carbonyl (C=O) groups excluding carboxylic acids is 1. The Labute approximate surface area is 225 Å². The minimum absolute atomic E-state index is 0.0409. The van der Waals surface area contributed by atoms with Crippen LogP contribution in [0.15, 0.2) is 77.7 Å². The van der Waals surface area contributed by atoms with Gasteiger partial charge in [0.2, 0.25) is 15.9 Å². The van der Waals surface area contributed by atoms with Crippen LogP contribution in [0.25, 0.3) is 10.2 Å². The summed E-state index contributed by atoms with van der Waals surface area (Å²) < 4.78 is 36.2. The average Bonchev–Trinajstić information content (AvgIpc) is 3.38. The van der Waals surface area contributed by atoms with E-state index in [1.54, 1.807) is 30.3 Å². The molecular formula is C28H26N4O4S2. The molecule has 1 aromatic heterocycles. The van der Waals surface area contributed by atoms with E-state index >= 15 is 0 Å². The molecule has 194 valence electrons. The van der Waals surface area contributed by atoms with Gasteiger partial charge in [-0.3, -0.25) is 4.79 Å². The number of para-hydroxylation sites is 1. The lowest BCUT2D eigenvalue weighted by molar-refractivity contribution is -0.122. The van der Waals surface area contributed by atoms with E-state index in [1.807, 2.05) is 30.3 Å². The first-order valence-corrected chi connectivity index (χ1v) is 14.6. The second-order valence-electron chi connectivity index (χ2n) is 9.11. The molecule has 0 bridgehead atoms. The number of hydrogen-bond acceptors (Lipinski definition) is 7. The average molecular weight is 547 g/mol. The van der Waals surface area contributed by atoms with Crippen LogP contribution in [0.3, 0.4) is 0 Å². The van der Waals surface area contributed by atoms with Crippen molar-refractivity contribution in [3.63, 3.8) is 0 Å². The van der Waals surface area contributed by atoms with Crippen molar-refractivity contribution >= 4 is 43.2 Å². The van der Waals surface area contributed by atoms with Crippen molar-refractivity contribution in [3.8, 4) is 6.07 Å². The molecule has 1 fully saturated rings. The molecular weight excluding hydrogens is 520 g/mol. The Kier molecular flexibility index (Phi) is 7.81. The van der Waals surface area contributed by atoms with Crippen molar-refractivity contribution < 1.29 is 17.9 Å². The van der Waals surface area contributed by atoms with Gasteiger partial charge in [-0.05, 0) is 67.3 Å². The van der Waals surface area contributed by atoms with Crippen LogP contribution in [0, 0.1) is 17.2 Å². The number of hydrogen-bond donors (Lipinski definition) is 2. The number of rotatable bonds is 8. The van der Waals surface area contributed by atoms with Crippen LogP contribution in [0.4, 0.5) is 5.69 Å². The lowest BCUT2D eigenvalue weighted by Crippen LogP contribution is -2.30. The van der Waals surface area contributed by atoms with Gasteiger partial charge in [0, 0.05) is 24.8 Å². The predicted octanol–water partition coefficient (Wildman–Crippen LogP) is 4.80. The molecule has 4 aromatic rings. The highest BCUT2D eigenvalue weighted by Gasteiger charge is 2.26. The number of nitrogens with zero attached hydrogens (tertiary/aromatic N) is 2. The molecule has 1 amide bonds. The molecule has 3 aromatic carbocycles. The van der Waals surface area contributed by atoms with Crippen molar-refractivity contribution in [2.24, 2.45) is 5.92 Å². The van der Waals surface area contributed by atoms with E-state index in [0.29, 0.717) is 48.7 Å². The molecule has 0 aliphatic carbocycles. The minimum atomic E-state index is -3.98. The number of nitriles is 1. The Bertz CT molecular complexity index is 1570. The number of aromatic nitrogens is 1. The van der Waals surface area contributed by atoms with Gasteiger partial charge in [0.15, 0.2) is 0 Å². The zero-order valence-electron chi connectivity index (χ0n) is 20.5. The lowest BCUT2D eigenvalue weighted by atomic mass is 9.99. The molecule has 1 saturated heterocycles. The summed E-state index contributed by atoms with van der Waals surface area (Å²) in [7, 11) is -3.98. The van der Waals surface area contributed by atoms with Crippen LogP contribution in [-0.2, 0) is 26.0 Å². The summed E-state index contributed by atoms with van der Waals surface area (Å²) in [5, 5.41) is 12.8. The molecule has 1 aliphatic rings. The quantitative estimate of drug-likeness (QED) is 0.328. The number of anilines is 1. The minimum Gasteiger partial charge on any atom is -0.381 e. The third kappa shape index (κ3) is 6.09. The monoisotopic (exact) mass is 546 g/mol. The van der Waals surface area contributed by atoms with Crippen molar-refractivity contribution in [1.29, 1.82) is 5.26 Å². The summed E-state index contributed by atoms with van der Waals surface area (Å²) in [5.41, 5.74) is 2.53. The molecule has 0 saturated carbocycles. The largest absolute Gasteiger partial charge is 0.381 e. The third-order valence-corrected chi connectivity index (χ3v) is 9.03. The van der Waals surface area contributed by atoms with Crippen LogP contribution < -0.4 is 10.0 Å². The van der Waals surface area contributed by atoms with Gasteiger partial charge in [0.1, 0.15) is 5.01 Å². The maximum absolute atomic E-state index is 13.6. The number of ether oxygens (including phenoxy) is 1. The van der Waals surface area contributed by atoms with Gasteiger partial charge in [-0.1, -0.05) is 30.3 Å². The molecule has 2 N–H and O–H groups in total. The highest BCUT2D eigenvalue weighted by Crippen LogP contribution is 2.30. The normalized spacial score (nSPS) is 15.1. The van der Waals surface area contributed by atoms with Crippen molar-refractivity contribution in [2.45, 2.75) is 30.2 Å². The van der Waals surface area contributed by atoms with Crippen LogP contribution in [0.2, 0.25) is 0 Å². The summed E-state index contributed by atoms with van der Waals surface area (Å²) >= 11 is 1.43. The van der Waals surface area contributed by atoms with E-state index in [4.69, 9.17) is 9.72 Å². The van der Waals surface area contributed by atoms with Crippen LogP contribution in [-0.4, -0.2) is 32.5 Å². The number of nitrogens with one attached hydrogen (secondary N) is 2. The third-order valence-electron chi connectivity index (χ3n) is 6.41. The second-order valence-corrected chi connectivity index (χ2v) is 11.9. The molecule has 0 spiro atoms. The van der Waals surface area contributed by atoms with E-state index in [-0.39, 0.29) is 16.7 Å². The number of benzene rings is 3. The molecule has 0 radical (unpaired) electrons. The molecule has 1 aliphatic heterocycles. The fourth-order valence-electron chi connectivity index (χ4n) is 4.42. The Morgan fingerprint density at radius 3 is 2.66 bits per heavy atom. The second kappa shape index (κ2) is 11.4. The Balaban J connectivity index is 1.42. The van der Waals surface area contributed by atoms with E-state index in [2.05, 4.69) is 16.1 Å². The SMILES string of the molecule is N#Cc1cccc(CC(NS(=O)(=O)c2cccc(NC(=O)C3CCOCC3)c2)c2nc3ccccc3s2)c1. The van der Waals surface area contributed by atoms with Crippen LogP contribution in [0.1, 0.15) is 35.0 Å². The first-order chi connectivity index (χ1) is 18.4. The van der Waals surface area contributed by atoms with Gasteiger partial charge in [-0.25, -0.2) is 18.1 Å². The van der Waals surface area contributed by atoms with E-state index in [1.165, 1.54) is 23.5 Å². The van der Waals surface area contributed by atoms with Crippen molar-refractivity contribution in [1.82, 2.24) is 9.71 Å². The van der Waals surface area contributed by atoms with Gasteiger partial charge >= 0.3 is 0 Å². The van der Waals surface area contributed by atoms with E-state index in [0.717, 1.165) is 15.8 Å². The lowest BCUT2D eigenvalue weighted by Gasteiger charge is -2.21. The molecule has 1 atom stereocenters. The summed E-state index contributed by atoms with van der Waals surface area (Å²) in [6.45, 7) is 1.09. The molecule has 5 rings (SSSR count). The Hall–Kier alpha value is -3.62. The van der Waals surface area contributed by atoms with Gasteiger partial charge in [0.25, 0.3) is 0 Å². The Morgan fingerprint density at radius 1 is 1.08 bits per heavy atom. The summed E-state index contributed by atoms with van der Waals surface area (Å²) in [6, 6.07) is 22.5. The Morgan fingerprint density at radius 2 is 1.87 bits per heavy atom. The summed E-state index contributed by atoms with van der Waals surface area (Å²) in [4.78, 5) is 17.4. The topological polar surface area (TPSA) is 121 Å². The number of sulfonamides is 1. The number of amides is 1. The van der Waals surface area contributed by atoms with Gasteiger partial charge in [-0.2, -0.15) is 5.26 Å². The smallest absolute Gasteiger partial charge is 0.241 e. The summed E-state index contributed by atoms with van der Waals surface area (Å²) in [6.07, 6.45) is 1.60. The number of fused-ring (bicyclic) bond motifs is 1. The predicted molar refractivity (Wildman–Crippen MR) is 146 cm³/mol. The first-order valence-electron chi connectivity index (χ1n) is 12.3. The van der Waals surface area contributed by atoms with Gasteiger partial charge in [-0.15, -0.1) is 11.3 Å². The maximum atomic E-state index is 13.6. The van der Waals surface area contributed by atoms with E-state index in [9.17, 15) is 18.5 Å². The number of carbonyl (C=O) groups is 1. The van der Waals surface area contributed by atoms with Crippen molar-refractivity contribution in [2.75, 3.05) is 18.5 Å². The fourth-order valence-corrected chi connectivity index (χ4v) is 6.76. The van der Waals surface area contributed by atoms with Gasteiger partial charge in [0.05, 0.1) is 32.8 Å². The van der Waals surface area contributed by atoms with Crippen LogP contribution in [0.5, 0.6) is 0 Å². The fraction of sp³-hybridized carbons (Fsp3) is 0.250. The molecule has 8 nitrogen and oxygen atoms in total. The molecule has 10 heteroatoms. The van der Waals surface area contributed by atoms with E-state index < -0.39 is 16.1 Å². The zero-order chi connectivity index (χ0) is 26.5. The maximum Gasteiger partial charge on any atom is 0.241 e. The standard InChI is InChI=1S/C28H26N4O4S2/c29-18-20-6-3-5-19(15-20)16-25(28-31-24-9-1-2-10-26(24)37-28)32-38(34,35)23-8-4-7-22(17-23)30-27(33)21-11-13-36-14-12-21/h1-10,15,17,21,25,32H,11-14,16H2,(H,30,33). The highest BCUT2D eigenvalue weighted by molar-refractivity contribution is 7.89. The highest BCUT2D eigenvalue weighted by atomic mass is 32.2. The van der Waals surface area contributed by atoms with Gasteiger partial charge < -0.3 is 10.1 Å².